The summed E-state index contributed by atoms with van der Waals surface area (Å²) < 4.78 is 1.64. The number of aromatic nitrogens is 3. The molecule has 3 rings (SSSR count). The van der Waals surface area contributed by atoms with Crippen LogP contribution in [-0.2, 0) is 13.1 Å². The maximum Gasteiger partial charge on any atom is 0.273 e. The molecular formula is C17H15ClN4O. The molecule has 0 bridgehead atoms. The Morgan fingerprint density at radius 1 is 1.09 bits per heavy atom. The van der Waals surface area contributed by atoms with Gasteiger partial charge in [0.25, 0.3) is 5.91 Å². The lowest BCUT2D eigenvalue weighted by Gasteiger charge is -2.04. The molecule has 1 heterocycles. The molecule has 2 aromatic carbocycles. The first-order valence-electron chi connectivity index (χ1n) is 7.18. The molecule has 3 aromatic rings. The van der Waals surface area contributed by atoms with Crippen molar-refractivity contribution in [3.8, 4) is 0 Å². The molecule has 0 atom stereocenters. The van der Waals surface area contributed by atoms with E-state index in [0.717, 1.165) is 11.1 Å². The summed E-state index contributed by atoms with van der Waals surface area (Å²) in [4.78, 5) is 12.1. The molecule has 116 valence electrons. The van der Waals surface area contributed by atoms with Crippen molar-refractivity contribution >= 4 is 17.5 Å². The fourth-order valence-corrected chi connectivity index (χ4v) is 2.36. The van der Waals surface area contributed by atoms with Crippen molar-refractivity contribution in [1.82, 2.24) is 20.3 Å². The summed E-state index contributed by atoms with van der Waals surface area (Å²) in [6, 6.07) is 17.3. The monoisotopic (exact) mass is 326 g/mol. The van der Waals surface area contributed by atoms with Crippen LogP contribution >= 0.6 is 11.6 Å². The van der Waals surface area contributed by atoms with E-state index in [1.807, 2.05) is 48.5 Å². The zero-order chi connectivity index (χ0) is 16.1. The number of nitrogens with one attached hydrogen (secondary N) is 1. The number of amides is 1. The molecule has 0 aliphatic heterocycles. The quantitative estimate of drug-likeness (QED) is 0.784. The molecule has 0 saturated carbocycles. The second-order valence-corrected chi connectivity index (χ2v) is 5.47. The summed E-state index contributed by atoms with van der Waals surface area (Å²) in [7, 11) is 0. The highest BCUT2D eigenvalue weighted by Crippen LogP contribution is 2.14. The van der Waals surface area contributed by atoms with E-state index in [0.29, 0.717) is 18.1 Å². The molecule has 0 fully saturated rings. The number of rotatable bonds is 5. The molecule has 6 heteroatoms. The van der Waals surface area contributed by atoms with Crippen molar-refractivity contribution in [2.45, 2.75) is 13.1 Å². The first kappa shape index (κ1) is 15.2. The van der Waals surface area contributed by atoms with Crippen LogP contribution in [0.15, 0.2) is 60.8 Å². The van der Waals surface area contributed by atoms with Crippen LogP contribution in [0, 0.1) is 0 Å². The maximum absolute atomic E-state index is 12.1. The van der Waals surface area contributed by atoms with E-state index >= 15 is 0 Å². The van der Waals surface area contributed by atoms with Crippen LogP contribution < -0.4 is 5.32 Å². The van der Waals surface area contributed by atoms with Crippen molar-refractivity contribution in [1.29, 1.82) is 0 Å². The topological polar surface area (TPSA) is 59.8 Å². The first-order valence-corrected chi connectivity index (χ1v) is 7.56. The van der Waals surface area contributed by atoms with Crippen LogP contribution in [0.25, 0.3) is 0 Å². The number of carbonyl (C=O) groups is 1. The molecule has 1 amide bonds. The van der Waals surface area contributed by atoms with E-state index in [4.69, 9.17) is 11.6 Å². The summed E-state index contributed by atoms with van der Waals surface area (Å²) in [6.45, 7) is 0.926. The summed E-state index contributed by atoms with van der Waals surface area (Å²) in [6.07, 6.45) is 1.63. The van der Waals surface area contributed by atoms with Crippen molar-refractivity contribution in [3.63, 3.8) is 0 Å². The molecule has 0 saturated heterocycles. The summed E-state index contributed by atoms with van der Waals surface area (Å²) in [5.41, 5.74) is 2.24. The molecule has 0 unspecified atom stereocenters. The average Bonchev–Trinajstić information content (AvgIpc) is 3.03. The Balaban J connectivity index is 1.61. The van der Waals surface area contributed by atoms with Gasteiger partial charge in [0.15, 0.2) is 5.69 Å². The summed E-state index contributed by atoms with van der Waals surface area (Å²) >= 11 is 6.06. The van der Waals surface area contributed by atoms with Gasteiger partial charge in [-0.05, 0) is 17.2 Å². The zero-order valence-electron chi connectivity index (χ0n) is 12.3. The minimum atomic E-state index is -0.274. The van der Waals surface area contributed by atoms with Gasteiger partial charge in [-0.1, -0.05) is 65.3 Å². The minimum absolute atomic E-state index is 0.274. The van der Waals surface area contributed by atoms with Gasteiger partial charge >= 0.3 is 0 Å². The minimum Gasteiger partial charge on any atom is -0.346 e. The second-order valence-electron chi connectivity index (χ2n) is 5.06. The molecule has 23 heavy (non-hydrogen) atoms. The van der Waals surface area contributed by atoms with Gasteiger partial charge in [0.2, 0.25) is 0 Å². The van der Waals surface area contributed by atoms with Crippen molar-refractivity contribution < 1.29 is 4.79 Å². The van der Waals surface area contributed by atoms with Crippen molar-refractivity contribution in [3.05, 3.63) is 82.6 Å². The van der Waals surface area contributed by atoms with Crippen molar-refractivity contribution in [2.24, 2.45) is 0 Å². The summed E-state index contributed by atoms with van der Waals surface area (Å²) in [5.74, 6) is -0.274. The number of nitrogens with zero attached hydrogens (tertiary/aromatic N) is 3. The molecule has 5 nitrogen and oxygen atoms in total. The molecule has 0 spiro atoms. The summed E-state index contributed by atoms with van der Waals surface area (Å²) in [5, 5.41) is 11.3. The fourth-order valence-electron chi connectivity index (χ4n) is 2.16. The maximum atomic E-state index is 12.1. The van der Waals surface area contributed by atoms with Crippen LogP contribution in [0.1, 0.15) is 21.6 Å². The van der Waals surface area contributed by atoms with Crippen LogP contribution in [0.3, 0.4) is 0 Å². The first-order chi connectivity index (χ1) is 11.2. The lowest BCUT2D eigenvalue weighted by atomic mass is 10.2. The SMILES string of the molecule is O=C(NCc1ccccc1Cl)c1cn(Cc2ccccc2)nn1. The second kappa shape index (κ2) is 7.07. The fraction of sp³-hybridized carbons (Fsp3) is 0.118. The van der Waals surface area contributed by atoms with Gasteiger partial charge in [0.1, 0.15) is 0 Å². The van der Waals surface area contributed by atoms with Gasteiger partial charge in [-0.2, -0.15) is 0 Å². The van der Waals surface area contributed by atoms with Gasteiger partial charge in [0, 0.05) is 11.6 Å². The largest absolute Gasteiger partial charge is 0.346 e. The van der Waals surface area contributed by atoms with Crippen LogP contribution in [-0.4, -0.2) is 20.9 Å². The molecule has 0 aliphatic carbocycles. The number of hydrogen-bond acceptors (Lipinski definition) is 3. The highest BCUT2D eigenvalue weighted by atomic mass is 35.5. The van der Waals surface area contributed by atoms with Crippen molar-refractivity contribution in [2.75, 3.05) is 0 Å². The molecule has 0 aliphatic rings. The predicted molar refractivity (Wildman–Crippen MR) is 88.2 cm³/mol. The van der Waals surface area contributed by atoms with Gasteiger partial charge in [-0.15, -0.1) is 5.10 Å². The normalized spacial score (nSPS) is 10.5. The molecule has 1 aromatic heterocycles. The number of carbonyl (C=O) groups excluding carboxylic acids is 1. The third kappa shape index (κ3) is 3.96. The van der Waals surface area contributed by atoms with Gasteiger partial charge < -0.3 is 5.32 Å². The van der Waals surface area contributed by atoms with E-state index < -0.39 is 0 Å². The highest BCUT2D eigenvalue weighted by Gasteiger charge is 2.11. The zero-order valence-corrected chi connectivity index (χ0v) is 13.1. The Kier molecular flexibility index (Phi) is 4.68. The molecule has 0 radical (unpaired) electrons. The number of hydrogen-bond donors (Lipinski definition) is 1. The number of halogens is 1. The van der Waals surface area contributed by atoms with Crippen LogP contribution in [0.5, 0.6) is 0 Å². The van der Waals surface area contributed by atoms with Gasteiger partial charge in [-0.3, -0.25) is 4.79 Å². The van der Waals surface area contributed by atoms with E-state index in [1.54, 1.807) is 16.9 Å². The Labute approximate surface area is 138 Å². The highest BCUT2D eigenvalue weighted by molar-refractivity contribution is 6.31. The lowest BCUT2D eigenvalue weighted by molar-refractivity contribution is 0.0946. The Bertz CT molecular complexity index is 801. The van der Waals surface area contributed by atoms with E-state index in [9.17, 15) is 4.79 Å². The predicted octanol–water partition coefficient (Wildman–Crippen LogP) is 2.91. The standard InChI is InChI=1S/C17H15ClN4O/c18-15-9-5-4-8-14(15)10-19-17(23)16-12-22(21-20-16)11-13-6-2-1-3-7-13/h1-9,12H,10-11H2,(H,19,23). The van der Waals surface area contributed by atoms with Crippen LogP contribution in [0.2, 0.25) is 5.02 Å². The molecule has 1 N–H and O–H groups in total. The smallest absolute Gasteiger partial charge is 0.273 e. The van der Waals surface area contributed by atoms with E-state index in [-0.39, 0.29) is 11.6 Å². The third-order valence-electron chi connectivity index (χ3n) is 3.36. The number of benzene rings is 2. The Morgan fingerprint density at radius 3 is 2.61 bits per heavy atom. The van der Waals surface area contributed by atoms with Gasteiger partial charge in [-0.25, -0.2) is 4.68 Å². The Morgan fingerprint density at radius 2 is 1.83 bits per heavy atom. The Hall–Kier alpha value is -2.66. The average molecular weight is 327 g/mol. The van der Waals surface area contributed by atoms with E-state index in [2.05, 4.69) is 15.6 Å². The third-order valence-corrected chi connectivity index (χ3v) is 3.72. The van der Waals surface area contributed by atoms with Gasteiger partial charge in [0.05, 0.1) is 12.7 Å². The van der Waals surface area contributed by atoms with E-state index in [1.165, 1.54) is 0 Å². The molecular weight excluding hydrogens is 312 g/mol. The van der Waals surface area contributed by atoms with Crippen LogP contribution in [0.4, 0.5) is 0 Å². The lowest BCUT2D eigenvalue weighted by Crippen LogP contribution is -2.23.